The van der Waals surface area contributed by atoms with E-state index < -0.39 is 0 Å². The average Bonchev–Trinajstić information content (AvgIpc) is 3.03. The van der Waals surface area contributed by atoms with Gasteiger partial charge in [0, 0.05) is 29.1 Å². The van der Waals surface area contributed by atoms with Crippen LogP contribution in [0.4, 0.5) is 0 Å². The molecule has 1 aromatic heterocycles. The van der Waals surface area contributed by atoms with E-state index in [-0.39, 0.29) is 5.91 Å². The smallest absolute Gasteiger partial charge is 0.228 e. The number of hydrogen-bond acceptors (Lipinski definition) is 4. The van der Waals surface area contributed by atoms with Gasteiger partial charge in [-0.15, -0.1) is 11.3 Å². The van der Waals surface area contributed by atoms with Crippen LogP contribution in [0, 0.1) is 0 Å². The van der Waals surface area contributed by atoms with Gasteiger partial charge in [-0.05, 0) is 44.1 Å². The summed E-state index contributed by atoms with van der Waals surface area (Å²) in [5, 5.41) is 7.22. The topological polar surface area (TPSA) is 45.2 Å². The van der Waals surface area contributed by atoms with Gasteiger partial charge in [-0.3, -0.25) is 4.79 Å². The number of thiazole rings is 1. The van der Waals surface area contributed by atoms with Gasteiger partial charge >= 0.3 is 0 Å². The van der Waals surface area contributed by atoms with E-state index in [9.17, 15) is 4.79 Å². The number of carbonyl (C=O) groups excluding carboxylic acids is 1. The predicted molar refractivity (Wildman–Crippen MR) is 99.9 cm³/mol. The first-order chi connectivity index (χ1) is 11.5. The van der Waals surface area contributed by atoms with Gasteiger partial charge in [-0.2, -0.15) is 0 Å². The lowest BCUT2D eigenvalue weighted by Gasteiger charge is -2.31. The molecular formula is C17H19Cl2N3OS. The molecule has 1 N–H and O–H groups in total. The first-order valence-corrected chi connectivity index (χ1v) is 9.54. The largest absolute Gasteiger partial charge is 0.342 e. The summed E-state index contributed by atoms with van der Waals surface area (Å²) < 4.78 is 0. The Hall–Kier alpha value is -1.14. The molecule has 1 amide bonds. The van der Waals surface area contributed by atoms with Gasteiger partial charge in [-0.1, -0.05) is 23.2 Å². The molecule has 4 nitrogen and oxygen atoms in total. The van der Waals surface area contributed by atoms with Gasteiger partial charge in [0.2, 0.25) is 5.91 Å². The molecule has 0 aliphatic carbocycles. The molecule has 1 aliphatic heterocycles. The molecule has 2 heterocycles. The molecule has 0 unspecified atom stereocenters. The van der Waals surface area contributed by atoms with E-state index in [0.29, 0.717) is 22.5 Å². The molecule has 2 aromatic rings. The SMILES string of the molecule is CN(C(=O)Cc1csc(-c2ccc(Cl)cc2Cl)n1)C1CCNCC1. The molecule has 1 aromatic carbocycles. The van der Waals surface area contributed by atoms with E-state index >= 15 is 0 Å². The fraction of sp³-hybridized carbons (Fsp3) is 0.412. The normalized spacial score (nSPS) is 15.5. The summed E-state index contributed by atoms with van der Waals surface area (Å²) in [7, 11) is 1.89. The van der Waals surface area contributed by atoms with Crippen LogP contribution in [-0.4, -0.2) is 42.0 Å². The number of halogens is 2. The number of likely N-dealkylation sites (N-methyl/N-ethyl adjacent to an activating group) is 1. The van der Waals surface area contributed by atoms with Crippen molar-refractivity contribution in [2.24, 2.45) is 0 Å². The van der Waals surface area contributed by atoms with Crippen LogP contribution in [0.3, 0.4) is 0 Å². The molecule has 24 heavy (non-hydrogen) atoms. The number of piperidine rings is 1. The van der Waals surface area contributed by atoms with Crippen molar-refractivity contribution >= 4 is 40.4 Å². The summed E-state index contributed by atoms with van der Waals surface area (Å²) in [5.74, 6) is 0.112. The first kappa shape index (κ1) is 17.7. The third-order valence-corrected chi connectivity index (χ3v) is 5.77. The Morgan fingerprint density at radius 1 is 1.38 bits per heavy atom. The van der Waals surface area contributed by atoms with Crippen molar-refractivity contribution in [1.29, 1.82) is 0 Å². The number of nitrogens with one attached hydrogen (secondary N) is 1. The molecule has 0 spiro atoms. The average molecular weight is 384 g/mol. The van der Waals surface area contributed by atoms with Crippen molar-refractivity contribution in [2.45, 2.75) is 25.3 Å². The predicted octanol–water partition coefficient (Wildman–Crippen LogP) is 3.87. The van der Waals surface area contributed by atoms with E-state index in [4.69, 9.17) is 23.2 Å². The van der Waals surface area contributed by atoms with Crippen molar-refractivity contribution in [1.82, 2.24) is 15.2 Å². The monoisotopic (exact) mass is 383 g/mol. The molecule has 128 valence electrons. The molecule has 0 radical (unpaired) electrons. The van der Waals surface area contributed by atoms with Crippen molar-refractivity contribution in [2.75, 3.05) is 20.1 Å². The molecule has 0 atom stereocenters. The van der Waals surface area contributed by atoms with Crippen LogP contribution in [0.5, 0.6) is 0 Å². The van der Waals surface area contributed by atoms with Crippen LogP contribution in [0.15, 0.2) is 23.6 Å². The number of nitrogens with zero attached hydrogens (tertiary/aromatic N) is 2. The van der Waals surface area contributed by atoms with Gasteiger partial charge in [-0.25, -0.2) is 4.98 Å². The van der Waals surface area contributed by atoms with E-state index in [1.165, 1.54) is 11.3 Å². The Kier molecular flexibility index (Phi) is 5.76. The van der Waals surface area contributed by atoms with Crippen molar-refractivity contribution in [3.05, 3.63) is 39.3 Å². The molecule has 7 heteroatoms. The maximum absolute atomic E-state index is 12.5. The number of aromatic nitrogens is 1. The van der Waals surface area contributed by atoms with Crippen LogP contribution < -0.4 is 5.32 Å². The second-order valence-electron chi connectivity index (χ2n) is 5.93. The van der Waals surface area contributed by atoms with Crippen LogP contribution in [0.1, 0.15) is 18.5 Å². The molecular weight excluding hydrogens is 365 g/mol. The highest BCUT2D eigenvalue weighted by molar-refractivity contribution is 7.13. The Bertz CT molecular complexity index is 728. The molecule has 1 fully saturated rings. The van der Waals surface area contributed by atoms with Crippen molar-refractivity contribution in [3.63, 3.8) is 0 Å². The highest BCUT2D eigenvalue weighted by Gasteiger charge is 2.22. The number of benzene rings is 1. The molecule has 0 saturated carbocycles. The Morgan fingerprint density at radius 3 is 2.83 bits per heavy atom. The van der Waals surface area contributed by atoms with E-state index in [0.717, 1.165) is 42.2 Å². The highest BCUT2D eigenvalue weighted by Crippen LogP contribution is 2.32. The number of rotatable bonds is 4. The number of carbonyl (C=O) groups is 1. The second kappa shape index (κ2) is 7.83. The molecule has 3 rings (SSSR count). The maximum Gasteiger partial charge on any atom is 0.228 e. The van der Waals surface area contributed by atoms with Gasteiger partial charge in [0.1, 0.15) is 5.01 Å². The summed E-state index contributed by atoms with van der Waals surface area (Å²) in [6, 6.07) is 5.67. The maximum atomic E-state index is 12.5. The van der Waals surface area contributed by atoms with Gasteiger partial charge in [0.05, 0.1) is 17.1 Å². The third-order valence-electron chi connectivity index (χ3n) is 4.30. The lowest BCUT2D eigenvalue weighted by Crippen LogP contribution is -2.44. The summed E-state index contributed by atoms with van der Waals surface area (Å²) in [5.41, 5.74) is 1.63. The number of hydrogen-bond donors (Lipinski definition) is 1. The number of amides is 1. The minimum Gasteiger partial charge on any atom is -0.342 e. The van der Waals surface area contributed by atoms with E-state index in [1.807, 2.05) is 23.4 Å². The fourth-order valence-electron chi connectivity index (χ4n) is 2.85. The summed E-state index contributed by atoms with van der Waals surface area (Å²) in [6.45, 7) is 1.94. The van der Waals surface area contributed by atoms with E-state index in [2.05, 4.69) is 10.3 Å². The zero-order chi connectivity index (χ0) is 17.1. The Labute approximate surface area is 155 Å². The zero-order valence-electron chi connectivity index (χ0n) is 13.4. The molecule has 0 bridgehead atoms. The van der Waals surface area contributed by atoms with Crippen molar-refractivity contribution < 1.29 is 4.79 Å². The minimum absolute atomic E-state index is 0.112. The zero-order valence-corrected chi connectivity index (χ0v) is 15.7. The fourth-order valence-corrected chi connectivity index (χ4v) is 4.26. The lowest BCUT2D eigenvalue weighted by molar-refractivity contribution is -0.131. The van der Waals surface area contributed by atoms with Crippen LogP contribution in [0.25, 0.3) is 10.6 Å². The Balaban J connectivity index is 1.68. The highest BCUT2D eigenvalue weighted by atomic mass is 35.5. The van der Waals surface area contributed by atoms with Crippen LogP contribution in [-0.2, 0) is 11.2 Å². The standard InChI is InChI=1S/C17H19Cl2N3OS/c1-22(13-4-6-20-7-5-13)16(23)9-12-10-24-17(21-12)14-3-2-11(18)8-15(14)19/h2-3,8,10,13,20H,4-7,9H2,1H3. The first-order valence-electron chi connectivity index (χ1n) is 7.91. The third kappa shape index (κ3) is 4.09. The van der Waals surface area contributed by atoms with Crippen LogP contribution in [0.2, 0.25) is 10.0 Å². The quantitative estimate of drug-likeness (QED) is 0.871. The Morgan fingerprint density at radius 2 is 2.12 bits per heavy atom. The summed E-state index contributed by atoms with van der Waals surface area (Å²) >= 11 is 13.7. The van der Waals surface area contributed by atoms with Gasteiger partial charge in [0.25, 0.3) is 0 Å². The lowest BCUT2D eigenvalue weighted by atomic mass is 10.0. The molecule has 1 aliphatic rings. The summed E-state index contributed by atoms with van der Waals surface area (Å²) in [4.78, 5) is 18.9. The van der Waals surface area contributed by atoms with E-state index in [1.54, 1.807) is 12.1 Å². The summed E-state index contributed by atoms with van der Waals surface area (Å²) in [6.07, 6.45) is 2.33. The van der Waals surface area contributed by atoms with Crippen molar-refractivity contribution in [3.8, 4) is 10.6 Å². The van der Waals surface area contributed by atoms with Gasteiger partial charge < -0.3 is 10.2 Å². The van der Waals surface area contributed by atoms with Gasteiger partial charge in [0.15, 0.2) is 0 Å². The molecule has 1 saturated heterocycles. The second-order valence-corrected chi connectivity index (χ2v) is 7.63. The van der Waals surface area contributed by atoms with Crippen LogP contribution >= 0.6 is 34.5 Å². The minimum atomic E-state index is 0.112.